The molecule has 1 unspecified atom stereocenters. The molecule has 0 aliphatic carbocycles. The molecule has 0 aromatic heterocycles. The summed E-state index contributed by atoms with van der Waals surface area (Å²) < 4.78 is 0. The Morgan fingerprint density at radius 1 is 1.05 bits per heavy atom. The third-order valence-electron chi connectivity index (χ3n) is 3.65. The predicted octanol–water partition coefficient (Wildman–Crippen LogP) is 4.88. The van der Waals surface area contributed by atoms with Gasteiger partial charge in [0.1, 0.15) is 0 Å². The van der Waals surface area contributed by atoms with Crippen molar-refractivity contribution in [2.75, 3.05) is 18.6 Å². The lowest BCUT2D eigenvalue weighted by atomic mass is 10.0. The maximum absolute atomic E-state index is 3.45. The van der Waals surface area contributed by atoms with Crippen molar-refractivity contribution in [2.45, 2.75) is 26.3 Å². The van der Waals surface area contributed by atoms with E-state index in [4.69, 9.17) is 0 Å². The van der Waals surface area contributed by atoms with Gasteiger partial charge in [-0.15, -0.1) is 0 Å². The first-order valence-electron chi connectivity index (χ1n) is 7.44. The molecule has 0 fully saturated rings. The third-order valence-corrected chi connectivity index (χ3v) is 4.74. The van der Waals surface area contributed by atoms with Gasteiger partial charge in [0.25, 0.3) is 0 Å². The normalized spacial score (nSPS) is 13.0. The van der Waals surface area contributed by atoms with Gasteiger partial charge in [-0.2, -0.15) is 11.8 Å². The van der Waals surface area contributed by atoms with Crippen molar-refractivity contribution in [1.29, 1.82) is 0 Å². The average molecular weight is 287 g/mol. The summed E-state index contributed by atoms with van der Waals surface area (Å²) in [5, 5.41) is 6.10. The molecule has 0 aliphatic rings. The van der Waals surface area contributed by atoms with Crippen molar-refractivity contribution in [3.05, 3.63) is 48.0 Å². The van der Waals surface area contributed by atoms with E-state index in [1.807, 2.05) is 0 Å². The number of thioether (sulfide) groups is 1. The summed E-state index contributed by atoms with van der Waals surface area (Å²) in [5.41, 5.74) is 1.39. The highest BCUT2D eigenvalue weighted by atomic mass is 32.2. The number of hydrogen-bond donors (Lipinski definition) is 1. The molecule has 0 spiro atoms. The van der Waals surface area contributed by atoms with Crippen molar-refractivity contribution >= 4 is 22.5 Å². The quantitative estimate of drug-likeness (QED) is 0.728. The first-order chi connectivity index (χ1) is 9.70. The largest absolute Gasteiger partial charge is 0.312 e. The number of benzene rings is 2. The predicted molar refractivity (Wildman–Crippen MR) is 92.5 cm³/mol. The summed E-state index contributed by atoms with van der Waals surface area (Å²) in [5.74, 6) is 3.20. The molecule has 2 aromatic carbocycles. The second-order valence-electron chi connectivity index (χ2n) is 5.71. The van der Waals surface area contributed by atoms with Gasteiger partial charge >= 0.3 is 0 Å². The van der Waals surface area contributed by atoms with Crippen LogP contribution in [0.4, 0.5) is 0 Å². The van der Waals surface area contributed by atoms with Crippen LogP contribution in [-0.4, -0.2) is 18.6 Å². The Balaban J connectivity index is 2.01. The van der Waals surface area contributed by atoms with Gasteiger partial charge in [-0.05, 0) is 47.5 Å². The number of rotatable bonds is 7. The number of hydrogen-bond acceptors (Lipinski definition) is 2. The van der Waals surface area contributed by atoms with E-state index >= 15 is 0 Å². The fourth-order valence-corrected chi connectivity index (χ4v) is 3.69. The van der Waals surface area contributed by atoms with Crippen molar-refractivity contribution < 1.29 is 0 Å². The topological polar surface area (TPSA) is 12.0 Å². The lowest BCUT2D eigenvalue weighted by Crippen LogP contribution is -2.19. The molecule has 108 valence electrons. The molecule has 0 heterocycles. The molecule has 0 aliphatic heterocycles. The van der Waals surface area contributed by atoms with Crippen LogP contribution in [0.25, 0.3) is 10.8 Å². The average Bonchev–Trinajstić information content (AvgIpc) is 2.46. The van der Waals surface area contributed by atoms with Crippen molar-refractivity contribution in [2.24, 2.45) is 5.92 Å². The van der Waals surface area contributed by atoms with Gasteiger partial charge in [-0.1, -0.05) is 50.2 Å². The van der Waals surface area contributed by atoms with Crippen LogP contribution < -0.4 is 5.32 Å². The van der Waals surface area contributed by atoms with E-state index in [-0.39, 0.29) is 0 Å². The molecular weight excluding hydrogens is 262 g/mol. The lowest BCUT2D eigenvalue weighted by molar-refractivity contribution is 0.629. The zero-order chi connectivity index (χ0) is 14.4. The molecule has 0 radical (unpaired) electrons. The Bertz CT molecular complexity index is 536. The fraction of sp³-hybridized carbons (Fsp3) is 0.444. The summed E-state index contributed by atoms with van der Waals surface area (Å²) in [6.45, 7) is 4.58. The maximum atomic E-state index is 3.45. The van der Waals surface area contributed by atoms with Gasteiger partial charge in [-0.3, -0.25) is 0 Å². The molecule has 1 nitrogen and oxygen atoms in total. The van der Waals surface area contributed by atoms with E-state index in [1.165, 1.54) is 28.5 Å². The Morgan fingerprint density at radius 2 is 1.80 bits per heavy atom. The van der Waals surface area contributed by atoms with E-state index < -0.39 is 0 Å². The molecule has 2 aromatic rings. The first-order valence-corrected chi connectivity index (χ1v) is 8.60. The van der Waals surface area contributed by atoms with E-state index in [2.05, 4.69) is 80.4 Å². The zero-order valence-corrected chi connectivity index (χ0v) is 13.5. The Labute approximate surface area is 127 Å². The van der Waals surface area contributed by atoms with Crippen molar-refractivity contribution in [1.82, 2.24) is 5.32 Å². The van der Waals surface area contributed by atoms with E-state index in [9.17, 15) is 0 Å². The van der Waals surface area contributed by atoms with E-state index in [0.717, 1.165) is 11.7 Å². The molecule has 0 saturated carbocycles. The van der Waals surface area contributed by atoms with Gasteiger partial charge in [0, 0.05) is 11.8 Å². The Kier molecular flexibility index (Phi) is 5.93. The van der Waals surface area contributed by atoms with Crippen LogP contribution in [0.3, 0.4) is 0 Å². The Morgan fingerprint density at radius 3 is 2.50 bits per heavy atom. The van der Waals surface area contributed by atoms with Gasteiger partial charge in [-0.25, -0.2) is 0 Å². The molecule has 0 saturated heterocycles. The van der Waals surface area contributed by atoms with Crippen LogP contribution in [-0.2, 0) is 0 Å². The minimum absolute atomic E-state index is 0.441. The Hall–Kier alpha value is -0.990. The smallest absolute Gasteiger partial charge is 0.0409 e. The number of nitrogens with one attached hydrogen (secondary N) is 1. The second-order valence-corrected chi connectivity index (χ2v) is 6.86. The summed E-state index contributed by atoms with van der Waals surface area (Å²) in [6.07, 6.45) is 1.30. The summed E-state index contributed by atoms with van der Waals surface area (Å²) >= 11 is 2.05. The summed E-state index contributed by atoms with van der Waals surface area (Å²) in [7, 11) is 2.06. The summed E-state index contributed by atoms with van der Waals surface area (Å²) in [4.78, 5) is 0. The fourth-order valence-electron chi connectivity index (χ4n) is 2.29. The highest BCUT2D eigenvalue weighted by molar-refractivity contribution is 7.99. The van der Waals surface area contributed by atoms with Crippen LogP contribution in [0.5, 0.6) is 0 Å². The molecular formula is C18H25NS. The summed E-state index contributed by atoms with van der Waals surface area (Å²) in [6, 6.07) is 15.8. The molecule has 0 amide bonds. The highest BCUT2D eigenvalue weighted by Crippen LogP contribution is 2.23. The van der Waals surface area contributed by atoms with E-state index in [0.29, 0.717) is 6.04 Å². The van der Waals surface area contributed by atoms with Crippen LogP contribution in [0, 0.1) is 5.92 Å². The van der Waals surface area contributed by atoms with Crippen molar-refractivity contribution in [3.8, 4) is 0 Å². The minimum atomic E-state index is 0.441. The second kappa shape index (κ2) is 7.70. The van der Waals surface area contributed by atoms with Crippen LogP contribution in [0.15, 0.2) is 42.5 Å². The van der Waals surface area contributed by atoms with Gasteiger partial charge in [0.15, 0.2) is 0 Å². The third kappa shape index (κ3) is 4.26. The standard InChI is InChI=1S/C18H25NS/c1-14(2)10-11-20-13-18(19-3)17-9-8-15-6-4-5-7-16(15)12-17/h4-9,12,14,18-19H,10-11,13H2,1-3H3. The zero-order valence-electron chi connectivity index (χ0n) is 12.7. The number of fused-ring (bicyclic) bond motifs is 1. The lowest BCUT2D eigenvalue weighted by Gasteiger charge is -2.17. The SMILES string of the molecule is CNC(CSCCC(C)C)c1ccc2ccccc2c1. The highest BCUT2D eigenvalue weighted by Gasteiger charge is 2.09. The molecule has 1 N–H and O–H groups in total. The molecule has 0 bridgehead atoms. The van der Waals surface area contributed by atoms with Gasteiger partial charge in [0.05, 0.1) is 0 Å². The van der Waals surface area contributed by atoms with Crippen LogP contribution in [0.2, 0.25) is 0 Å². The molecule has 2 rings (SSSR count). The van der Waals surface area contributed by atoms with Crippen molar-refractivity contribution in [3.63, 3.8) is 0 Å². The molecule has 20 heavy (non-hydrogen) atoms. The molecule has 1 atom stereocenters. The van der Waals surface area contributed by atoms with Crippen LogP contribution >= 0.6 is 11.8 Å². The minimum Gasteiger partial charge on any atom is -0.312 e. The first kappa shape index (κ1) is 15.4. The van der Waals surface area contributed by atoms with Crippen LogP contribution in [0.1, 0.15) is 31.9 Å². The monoisotopic (exact) mass is 287 g/mol. The van der Waals surface area contributed by atoms with Gasteiger partial charge in [0.2, 0.25) is 0 Å². The maximum Gasteiger partial charge on any atom is 0.0409 e. The van der Waals surface area contributed by atoms with E-state index in [1.54, 1.807) is 0 Å². The molecule has 2 heteroatoms. The van der Waals surface area contributed by atoms with Gasteiger partial charge < -0.3 is 5.32 Å².